The summed E-state index contributed by atoms with van der Waals surface area (Å²) in [6.07, 6.45) is 31.9. The second kappa shape index (κ2) is 25.6. The van der Waals surface area contributed by atoms with Crippen LogP contribution in [0, 0.1) is 0 Å². The number of phosphoric acid groups is 1. The van der Waals surface area contributed by atoms with Crippen LogP contribution in [-0.2, 0) is 14.1 Å². The molecule has 0 aromatic rings. The van der Waals surface area contributed by atoms with Gasteiger partial charge >= 0.3 is 13.8 Å². The highest BCUT2D eigenvalue weighted by molar-refractivity contribution is 7.45. The van der Waals surface area contributed by atoms with E-state index in [0.717, 1.165) is 6.42 Å². The van der Waals surface area contributed by atoms with Gasteiger partial charge < -0.3 is 29.6 Å². The molecule has 0 radical (unpaired) electrons. The molecule has 0 unspecified atom stereocenters. The first-order valence-corrected chi connectivity index (χ1v) is 13.0. The first-order valence-electron chi connectivity index (χ1n) is 11.4. The molecule has 0 aromatic carbocycles. The normalized spacial score (nSPS) is 12.8. The Bertz CT molecular complexity index is 689. The molecule has 0 saturated carbocycles. The van der Waals surface area contributed by atoms with Crippen molar-refractivity contribution in [1.82, 2.24) is 0 Å². The van der Waals surface area contributed by atoms with Crippen molar-refractivity contribution in [2.75, 3.05) is 13.2 Å². The fourth-order valence-electron chi connectivity index (χ4n) is 2.38. The second-order valence-electron chi connectivity index (χ2n) is 7.17. The van der Waals surface area contributed by atoms with E-state index in [1.54, 1.807) is 12.2 Å². The minimum Gasteiger partial charge on any atom is -0.454 e. The van der Waals surface area contributed by atoms with Gasteiger partial charge in [-0.25, -0.2) is 9.36 Å². The Labute approximate surface area is 203 Å². The summed E-state index contributed by atoms with van der Waals surface area (Å²) >= 11 is 0. The lowest BCUT2D eigenvalue weighted by molar-refractivity contribution is -0.147. The van der Waals surface area contributed by atoms with E-state index in [9.17, 15) is 4.79 Å². The van der Waals surface area contributed by atoms with Crippen molar-refractivity contribution in [3.05, 3.63) is 72.9 Å². The van der Waals surface area contributed by atoms with E-state index < -0.39 is 33.1 Å². The summed E-state index contributed by atoms with van der Waals surface area (Å²) in [6.45, 7) is 1.45. The van der Waals surface area contributed by atoms with Crippen molar-refractivity contribution < 1.29 is 39.0 Å². The van der Waals surface area contributed by atoms with Crippen LogP contribution in [0.25, 0.3) is 0 Å². The van der Waals surface area contributed by atoms with E-state index in [0.29, 0.717) is 0 Å². The van der Waals surface area contributed by atoms with Crippen molar-refractivity contribution in [2.24, 2.45) is 0 Å². The monoisotopic (exact) mass is 500 g/mol. The third kappa shape index (κ3) is 34.6. The molecule has 0 rings (SSSR count). The van der Waals surface area contributed by atoms with E-state index in [-0.39, 0.29) is 0 Å². The third-order valence-corrected chi connectivity index (χ3v) is 4.03. The molecule has 0 saturated heterocycles. The number of aliphatic hydroxyl groups is 2. The zero-order valence-corrected chi connectivity index (χ0v) is 20.9. The molecule has 0 aliphatic heterocycles. The van der Waals surface area contributed by atoms with Crippen LogP contribution in [0.1, 0.15) is 58.3 Å². The molecule has 0 heterocycles. The number of unbranched alkanes of at least 4 members (excludes halogenated alkanes) is 7. The van der Waals surface area contributed by atoms with Gasteiger partial charge in [0.1, 0.15) is 6.10 Å². The van der Waals surface area contributed by atoms with Crippen LogP contribution in [0.4, 0.5) is 0 Å². The molecule has 5 N–H and O–H groups in total. The minimum atomic E-state index is -4.64. The van der Waals surface area contributed by atoms with Crippen molar-refractivity contribution in [1.29, 1.82) is 0 Å². The van der Waals surface area contributed by atoms with Crippen LogP contribution in [0.15, 0.2) is 72.9 Å². The first-order chi connectivity index (χ1) is 16.2. The van der Waals surface area contributed by atoms with Crippen LogP contribution in [0.2, 0.25) is 0 Å². The van der Waals surface area contributed by atoms with Crippen LogP contribution in [-0.4, -0.2) is 50.2 Å². The van der Waals surface area contributed by atoms with E-state index in [4.69, 9.17) is 34.2 Å². The van der Waals surface area contributed by atoms with Gasteiger partial charge in [-0.2, -0.15) is 0 Å². The Morgan fingerprint density at radius 1 is 0.735 bits per heavy atom. The number of esters is 1. The molecule has 0 aromatic heterocycles. The van der Waals surface area contributed by atoms with E-state index in [1.807, 2.05) is 36.5 Å². The Morgan fingerprint density at radius 3 is 1.62 bits per heavy atom. The highest BCUT2D eigenvalue weighted by atomic mass is 31.2. The summed E-state index contributed by atoms with van der Waals surface area (Å²) in [7, 11) is -4.64. The highest BCUT2D eigenvalue weighted by Gasteiger charge is 2.08. The van der Waals surface area contributed by atoms with Crippen LogP contribution >= 0.6 is 7.82 Å². The third-order valence-electron chi connectivity index (χ3n) is 4.03. The van der Waals surface area contributed by atoms with Crippen molar-refractivity contribution in [3.63, 3.8) is 0 Å². The Kier molecular flexibility index (Phi) is 25.6. The maximum absolute atomic E-state index is 11.3. The lowest BCUT2D eigenvalue weighted by Crippen LogP contribution is -2.24. The summed E-state index contributed by atoms with van der Waals surface area (Å²) in [5.41, 5.74) is 0. The topological polar surface area (TPSA) is 145 Å². The SMILES string of the molecule is CCCCCCCCCC=CC=CC=CC=CC=CC=CC(=O)OC(CO)CO.O=P(O)(O)O. The molecule has 0 amide bonds. The molecule has 0 fully saturated rings. The van der Waals surface area contributed by atoms with Crippen molar-refractivity contribution in [3.8, 4) is 0 Å². The van der Waals surface area contributed by atoms with Crippen molar-refractivity contribution in [2.45, 2.75) is 64.4 Å². The number of carbonyl (C=O) groups is 1. The maximum Gasteiger partial charge on any atom is 0.466 e. The number of carbonyl (C=O) groups excluding carboxylic acids is 1. The summed E-state index contributed by atoms with van der Waals surface area (Å²) in [6, 6.07) is 0. The fraction of sp³-hybridized carbons (Fsp3) is 0.480. The number of hydrogen-bond donors (Lipinski definition) is 5. The van der Waals surface area contributed by atoms with Gasteiger partial charge in [0.05, 0.1) is 13.2 Å². The summed E-state index contributed by atoms with van der Waals surface area (Å²) in [4.78, 5) is 32.9. The van der Waals surface area contributed by atoms with Gasteiger partial charge in [-0.15, -0.1) is 0 Å². The van der Waals surface area contributed by atoms with E-state index in [2.05, 4.69) is 19.1 Å². The maximum atomic E-state index is 11.3. The van der Waals surface area contributed by atoms with Crippen LogP contribution < -0.4 is 0 Å². The number of hydrogen-bond acceptors (Lipinski definition) is 5. The number of allylic oxidation sites excluding steroid dienone is 11. The van der Waals surface area contributed by atoms with Gasteiger partial charge in [-0.3, -0.25) is 0 Å². The quantitative estimate of drug-likeness (QED) is 0.0648. The molecule has 0 aliphatic carbocycles. The standard InChI is InChI=1S/C25H38O4.H3O4P/c1-2-3-4-5-6-7-8-9-10-11-12-13-14-15-16-17-18-19-20-21-25(28)29-24(22-26)23-27;1-5(2,3)4/h10-21,24,26-27H,2-9,22-23H2,1H3;(H3,1,2,3,4). The Balaban J connectivity index is 0. The Hall–Kier alpha value is -2.06. The molecule has 0 bridgehead atoms. The average molecular weight is 501 g/mol. The van der Waals surface area contributed by atoms with Gasteiger partial charge in [0.2, 0.25) is 0 Å². The lowest BCUT2D eigenvalue weighted by atomic mass is 10.1. The van der Waals surface area contributed by atoms with E-state index in [1.165, 1.54) is 57.1 Å². The molecule has 0 atom stereocenters. The second-order valence-corrected chi connectivity index (χ2v) is 8.20. The predicted octanol–water partition coefficient (Wildman–Crippen LogP) is 4.43. The van der Waals surface area contributed by atoms with E-state index >= 15 is 0 Å². The zero-order chi connectivity index (χ0) is 25.9. The number of ether oxygens (including phenoxy) is 1. The minimum absolute atomic E-state index is 0.398. The first kappa shape index (κ1) is 34.1. The average Bonchev–Trinajstić information content (AvgIpc) is 2.77. The van der Waals surface area contributed by atoms with Gasteiger partial charge in [0, 0.05) is 6.08 Å². The lowest BCUT2D eigenvalue weighted by Gasteiger charge is -2.09. The molecule has 0 spiro atoms. The number of aliphatic hydroxyl groups excluding tert-OH is 2. The predicted molar refractivity (Wildman–Crippen MR) is 136 cm³/mol. The highest BCUT2D eigenvalue weighted by Crippen LogP contribution is 2.25. The molecular weight excluding hydrogens is 459 g/mol. The fourth-order valence-corrected chi connectivity index (χ4v) is 2.38. The number of rotatable bonds is 17. The van der Waals surface area contributed by atoms with Crippen LogP contribution in [0.5, 0.6) is 0 Å². The molecule has 34 heavy (non-hydrogen) atoms. The molecule has 0 aliphatic rings. The molecule has 194 valence electrons. The smallest absolute Gasteiger partial charge is 0.454 e. The van der Waals surface area contributed by atoms with Gasteiger partial charge in [0.25, 0.3) is 0 Å². The summed E-state index contributed by atoms with van der Waals surface area (Å²) in [5.74, 6) is -0.600. The largest absolute Gasteiger partial charge is 0.466 e. The van der Waals surface area contributed by atoms with Crippen LogP contribution in [0.3, 0.4) is 0 Å². The van der Waals surface area contributed by atoms with Crippen molar-refractivity contribution >= 4 is 13.8 Å². The molecular formula is C25H41O8P. The Morgan fingerprint density at radius 2 is 1.15 bits per heavy atom. The van der Waals surface area contributed by atoms with Gasteiger partial charge in [-0.1, -0.05) is 112 Å². The zero-order valence-electron chi connectivity index (χ0n) is 20.0. The summed E-state index contributed by atoms with van der Waals surface area (Å²) < 4.78 is 13.7. The van der Waals surface area contributed by atoms with Gasteiger partial charge in [-0.05, 0) is 12.8 Å². The van der Waals surface area contributed by atoms with Gasteiger partial charge in [0.15, 0.2) is 0 Å². The summed E-state index contributed by atoms with van der Waals surface area (Å²) in [5, 5.41) is 17.6. The molecule has 8 nitrogen and oxygen atoms in total. The molecule has 9 heteroatoms.